The lowest BCUT2D eigenvalue weighted by atomic mass is 9.78. The molecule has 0 radical (unpaired) electrons. The Morgan fingerprint density at radius 1 is 0.984 bits per heavy atom. The minimum Gasteiger partial charge on any atom is -0.453 e. The third-order valence-electron chi connectivity index (χ3n) is 10.5. The number of alkyl halides is 1. The van der Waals surface area contributed by atoms with Gasteiger partial charge in [0.05, 0.1) is 18.3 Å². The summed E-state index contributed by atoms with van der Waals surface area (Å²) in [5.74, 6) is -5.21. The molecule has 17 heteroatoms. The number of carbonyl (C=O) groups excluding carboxylic acids is 6. The van der Waals surface area contributed by atoms with Gasteiger partial charge in [-0.25, -0.2) is 22.9 Å². The van der Waals surface area contributed by atoms with Crippen molar-refractivity contribution in [3.8, 4) is 11.3 Å². The summed E-state index contributed by atoms with van der Waals surface area (Å²) in [6.45, 7) is 10.5. The molecule has 4 atom stereocenters. The molecule has 5 amide bonds. The summed E-state index contributed by atoms with van der Waals surface area (Å²) in [4.78, 5) is 85.6. The molecule has 61 heavy (non-hydrogen) atoms. The molecule has 328 valence electrons. The number of amides is 5. The van der Waals surface area contributed by atoms with E-state index in [9.17, 15) is 33.2 Å². The maximum Gasteiger partial charge on any atom is 0.410 e. The Hall–Kier alpha value is -6.00. The number of nitrogens with one attached hydrogen (secondary N) is 1. The number of benzene rings is 2. The first-order valence-corrected chi connectivity index (χ1v) is 20.1. The van der Waals surface area contributed by atoms with Gasteiger partial charge >= 0.3 is 12.1 Å². The molecule has 0 aliphatic carbocycles. The van der Waals surface area contributed by atoms with E-state index in [4.69, 9.17) is 14.5 Å². The molecule has 4 unspecified atom stereocenters. The Labute approximate surface area is 353 Å². The maximum absolute atomic E-state index is 16.2. The van der Waals surface area contributed by atoms with Crippen LogP contribution in [0.4, 0.5) is 18.0 Å². The fraction of sp³-hybridized carbons (Fsp3) is 0.477. The molecular weight excluding hydrogens is 798 g/mol. The van der Waals surface area contributed by atoms with Crippen LogP contribution >= 0.6 is 0 Å². The average molecular weight is 851 g/mol. The van der Waals surface area contributed by atoms with Crippen molar-refractivity contribution in [1.29, 1.82) is 0 Å². The second-order valence-corrected chi connectivity index (χ2v) is 17.0. The van der Waals surface area contributed by atoms with Gasteiger partial charge in [-0.15, -0.1) is 0 Å². The highest BCUT2D eigenvalue weighted by atomic mass is 19.1. The number of hydrogen-bond acceptors (Lipinski definition) is 9. The lowest BCUT2D eigenvalue weighted by Crippen LogP contribution is -2.51. The summed E-state index contributed by atoms with van der Waals surface area (Å²) >= 11 is 0. The van der Waals surface area contributed by atoms with Crippen LogP contribution in [-0.4, -0.2) is 111 Å². The number of likely N-dealkylation sites (tertiary alicyclic amines) is 1. The van der Waals surface area contributed by atoms with E-state index in [0.29, 0.717) is 0 Å². The van der Waals surface area contributed by atoms with Crippen LogP contribution in [0, 0.1) is 23.0 Å². The first-order valence-electron chi connectivity index (χ1n) is 20.1. The molecule has 0 saturated carbocycles. The largest absolute Gasteiger partial charge is 0.453 e. The molecule has 14 nitrogen and oxygen atoms in total. The number of rotatable bonds is 16. The first kappa shape index (κ1) is 46.1. The third-order valence-corrected chi connectivity index (χ3v) is 10.5. The van der Waals surface area contributed by atoms with Gasteiger partial charge in [0.25, 0.3) is 17.7 Å². The predicted octanol–water partition coefficient (Wildman–Crippen LogP) is 5.75. The lowest BCUT2D eigenvalue weighted by Gasteiger charge is -2.44. The number of carbonyl (C=O) groups is 6. The number of ether oxygens (including phenoxy) is 2. The van der Waals surface area contributed by atoms with E-state index in [0.717, 1.165) is 47.7 Å². The van der Waals surface area contributed by atoms with Gasteiger partial charge < -0.3 is 29.2 Å². The van der Waals surface area contributed by atoms with Crippen LogP contribution in [0.15, 0.2) is 66.9 Å². The third kappa shape index (κ3) is 11.9. The van der Waals surface area contributed by atoms with Crippen molar-refractivity contribution in [3.05, 3.63) is 89.9 Å². The quantitative estimate of drug-likeness (QED) is 0.140. The van der Waals surface area contributed by atoms with E-state index < -0.39 is 82.6 Å². The number of imide groups is 1. The van der Waals surface area contributed by atoms with Crippen molar-refractivity contribution in [2.45, 2.75) is 91.8 Å². The summed E-state index contributed by atoms with van der Waals surface area (Å²) in [7, 11) is 0. The van der Waals surface area contributed by atoms with E-state index in [2.05, 4.69) is 5.32 Å². The van der Waals surface area contributed by atoms with Gasteiger partial charge in [-0.05, 0) is 63.3 Å². The Balaban J connectivity index is 1.59. The molecule has 3 heterocycles. The van der Waals surface area contributed by atoms with E-state index in [1.807, 2.05) is 30.3 Å². The van der Waals surface area contributed by atoms with Gasteiger partial charge in [0.1, 0.15) is 29.2 Å². The van der Waals surface area contributed by atoms with Crippen molar-refractivity contribution < 1.29 is 51.4 Å². The number of esters is 1. The summed E-state index contributed by atoms with van der Waals surface area (Å²) in [5.41, 5.74) is -1.27. The highest BCUT2D eigenvalue weighted by Crippen LogP contribution is 2.43. The Morgan fingerprint density at radius 2 is 1.66 bits per heavy atom. The van der Waals surface area contributed by atoms with Crippen LogP contribution in [0.5, 0.6) is 0 Å². The van der Waals surface area contributed by atoms with E-state index in [1.165, 1.54) is 22.9 Å². The van der Waals surface area contributed by atoms with Crippen LogP contribution in [0.2, 0.25) is 0 Å². The molecule has 0 bridgehead atoms. The SMILES string of the molecule is CC(=O)OC(C)C(=O)N(CC1CN(C(=O)OC(C)(C)C)CC1F)C(c1nc(-c2cc(F)ccc2F)cn1Cc1ccccc1)C(C)(C)CCNC(=O)CCN1C(=O)C=CC1=O. The standard InChI is InChI=1S/C44H53F3N6O8/c1-27(60-28(2)54)41(58)53(24-30-23-51(25-34(30)47)42(59)61-43(3,4)5)39(44(6,7)18-19-48-36(55)17-20-52-37(56)15-16-38(52)57)40-49-35(32-21-31(45)13-14-33(32)46)26-50(40)22-29-11-9-8-10-12-29/h8-16,21,26-27,30,34,39H,17-20,22-25H2,1-7H3,(H,48,55). The molecule has 1 aromatic heterocycles. The summed E-state index contributed by atoms with van der Waals surface area (Å²) in [6, 6.07) is 11.0. The minimum atomic E-state index is -1.61. The minimum absolute atomic E-state index is 0.0242. The van der Waals surface area contributed by atoms with Gasteiger partial charge in [-0.1, -0.05) is 44.2 Å². The fourth-order valence-corrected chi connectivity index (χ4v) is 7.49. The van der Waals surface area contributed by atoms with Crippen LogP contribution in [-0.2, 0) is 40.0 Å². The second kappa shape index (κ2) is 19.1. The predicted molar refractivity (Wildman–Crippen MR) is 217 cm³/mol. The van der Waals surface area contributed by atoms with Crippen LogP contribution < -0.4 is 5.32 Å². The zero-order valence-electron chi connectivity index (χ0n) is 35.5. The summed E-state index contributed by atoms with van der Waals surface area (Å²) < 4.78 is 58.8. The maximum atomic E-state index is 16.2. The molecule has 3 aromatic rings. The van der Waals surface area contributed by atoms with Crippen molar-refractivity contribution in [2.24, 2.45) is 11.3 Å². The zero-order chi connectivity index (χ0) is 44.8. The van der Waals surface area contributed by atoms with Crippen LogP contribution in [0.1, 0.15) is 78.7 Å². The van der Waals surface area contributed by atoms with Crippen molar-refractivity contribution in [3.63, 3.8) is 0 Å². The van der Waals surface area contributed by atoms with Crippen LogP contribution in [0.25, 0.3) is 11.3 Å². The topological polar surface area (TPSA) is 160 Å². The Bertz CT molecular complexity index is 2140. The van der Waals surface area contributed by atoms with Gasteiger partial charge in [-0.3, -0.25) is 28.9 Å². The van der Waals surface area contributed by atoms with Crippen LogP contribution in [0.3, 0.4) is 0 Å². The zero-order valence-corrected chi connectivity index (χ0v) is 35.5. The number of nitrogens with zero attached hydrogens (tertiary/aromatic N) is 5. The van der Waals surface area contributed by atoms with Crippen molar-refractivity contribution in [2.75, 3.05) is 32.7 Å². The van der Waals surface area contributed by atoms with E-state index >= 15 is 8.78 Å². The number of aromatic nitrogens is 2. The molecule has 1 fully saturated rings. The highest BCUT2D eigenvalue weighted by molar-refractivity contribution is 6.13. The number of halogens is 3. The number of imidazole rings is 1. The number of hydrogen-bond donors (Lipinski definition) is 1. The molecule has 1 N–H and O–H groups in total. The molecule has 2 aliphatic heterocycles. The molecule has 5 rings (SSSR count). The van der Waals surface area contributed by atoms with Gasteiger partial charge in [-0.2, -0.15) is 0 Å². The van der Waals surface area contributed by atoms with Gasteiger partial charge in [0.2, 0.25) is 5.91 Å². The highest BCUT2D eigenvalue weighted by Gasteiger charge is 2.46. The molecule has 2 aromatic carbocycles. The smallest absolute Gasteiger partial charge is 0.410 e. The molecular formula is C44H53F3N6O8. The molecule has 1 saturated heterocycles. The summed E-state index contributed by atoms with van der Waals surface area (Å²) in [6.07, 6.45) is 0.0436. The lowest BCUT2D eigenvalue weighted by molar-refractivity contribution is -0.161. The average Bonchev–Trinajstić information content (AvgIpc) is 3.85. The van der Waals surface area contributed by atoms with Crippen molar-refractivity contribution >= 4 is 35.7 Å². The van der Waals surface area contributed by atoms with Gasteiger partial charge in [0, 0.05) is 75.9 Å². The second-order valence-electron chi connectivity index (χ2n) is 17.0. The summed E-state index contributed by atoms with van der Waals surface area (Å²) in [5, 5.41) is 2.81. The molecule has 2 aliphatic rings. The monoisotopic (exact) mass is 850 g/mol. The van der Waals surface area contributed by atoms with E-state index in [1.54, 1.807) is 39.2 Å². The van der Waals surface area contributed by atoms with Gasteiger partial charge in [0.15, 0.2) is 6.10 Å². The fourth-order valence-electron chi connectivity index (χ4n) is 7.49. The first-order chi connectivity index (χ1) is 28.6. The normalized spacial score (nSPS) is 17.7. The van der Waals surface area contributed by atoms with Crippen molar-refractivity contribution in [1.82, 2.24) is 29.6 Å². The Kier molecular flexibility index (Phi) is 14.5. The van der Waals surface area contributed by atoms with E-state index in [-0.39, 0.29) is 69.2 Å². The molecule has 0 spiro atoms. The Morgan fingerprint density at radius 3 is 2.30 bits per heavy atom.